The average Bonchev–Trinajstić information content (AvgIpc) is 3.52. The second kappa shape index (κ2) is 17.6. The summed E-state index contributed by atoms with van der Waals surface area (Å²) in [5.74, 6) is 0.336. The lowest BCUT2D eigenvalue weighted by Gasteiger charge is -2.55. The lowest BCUT2D eigenvalue weighted by Crippen LogP contribution is -2.65. The van der Waals surface area contributed by atoms with Gasteiger partial charge in [-0.1, -0.05) is 44.7 Å². The molecule has 13 nitrogen and oxygen atoms in total. The van der Waals surface area contributed by atoms with E-state index < -0.39 is 23.4 Å². The Kier molecular flexibility index (Phi) is 12.5. The normalized spacial score (nSPS) is 52.8. The molecular formula is C49H70O13. The van der Waals surface area contributed by atoms with Crippen LogP contribution in [0.2, 0.25) is 0 Å². The molecule has 1 N–H and O–H groups in total. The maximum Gasteiger partial charge on any atom is 0.308 e. The number of hydrogen-bond donors (Lipinski definition) is 1. The van der Waals surface area contributed by atoms with Crippen molar-refractivity contribution in [3.05, 3.63) is 36.5 Å². The van der Waals surface area contributed by atoms with Gasteiger partial charge in [0.1, 0.15) is 30.7 Å². The zero-order chi connectivity index (χ0) is 42.9. The first-order chi connectivity index (χ1) is 29.8. The Labute approximate surface area is 366 Å². The Bertz CT molecular complexity index is 1720. The molecule has 0 radical (unpaired) electrons. The van der Waals surface area contributed by atoms with Crippen molar-refractivity contribution in [1.82, 2.24) is 0 Å². The molecule has 10 rings (SSSR count). The fourth-order valence-corrected chi connectivity index (χ4v) is 13.2. The molecule has 0 aromatic heterocycles. The number of carbonyl (C=O) groups is 2. The highest BCUT2D eigenvalue weighted by molar-refractivity contribution is 5.72. The number of aldehydes is 1. The lowest BCUT2D eigenvalue weighted by atomic mass is 9.78. The fourth-order valence-electron chi connectivity index (χ4n) is 13.2. The summed E-state index contributed by atoms with van der Waals surface area (Å²) in [5.41, 5.74) is -0.638. The molecule has 0 aromatic carbocycles. The highest BCUT2D eigenvalue weighted by Crippen LogP contribution is 2.48. The van der Waals surface area contributed by atoms with Gasteiger partial charge >= 0.3 is 5.97 Å². The molecule has 62 heavy (non-hydrogen) atoms. The van der Waals surface area contributed by atoms with Crippen LogP contribution in [0, 0.1) is 11.8 Å². The number of aliphatic hydroxyl groups is 1. The summed E-state index contributed by atoms with van der Waals surface area (Å²) < 4.78 is 68.1. The van der Waals surface area contributed by atoms with Gasteiger partial charge in [-0.3, -0.25) is 9.59 Å². The highest BCUT2D eigenvalue weighted by atomic mass is 16.6. The van der Waals surface area contributed by atoms with Crippen LogP contribution in [0.25, 0.3) is 0 Å². The van der Waals surface area contributed by atoms with Gasteiger partial charge in [0.2, 0.25) is 0 Å². The molecule has 10 aliphatic heterocycles. The van der Waals surface area contributed by atoms with Gasteiger partial charge in [-0.25, -0.2) is 0 Å². The van der Waals surface area contributed by atoms with Crippen molar-refractivity contribution in [1.29, 1.82) is 0 Å². The minimum absolute atomic E-state index is 0.0861. The lowest BCUT2D eigenvalue weighted by molar-refractivity contribution is -0.316. The first kappa shape index (κ1) is 43.8. The van der Waals surface area contributed by atoms with Crippen molar-refractivity contribution >= 4 is 12.3 Å². The minimum atomic E-state index is -0.697. The quantitative estimate of drug-likeness (QED) is 0.155. The average molecular weight is 867 g/mol. The highest BCUT2D eigenvalue weighted by Gasteiger charge is 2.57. The zero-order valence-electron chi connectivity index (χ0n) is 37.1. The standard InChI is InChI=1S/C49H70O13/c1-26-17-36-39(22-45(52)58-36)57-44-21-38-40(62-48(44,4)23-26)18-28(3)46-35(55-38)11-7-6-10-31-32(59-46)12-8-14-34-33(54-31)13-9-15-43-49(5,61-34)24-42-37(56-43)20-41-47(60-42)30(51)19-29(53-41)16-27(2)25-50/h6-8,14,25-26,28-44,46-47,51H,2,9-13,15-24H2,1,3-5H3/t26-,28+,29+,30-,31+,32+,33-,34+,35-,36+,37-,38+,39+,40-,41-,42+,43+,44-,46+,47-,48-,49+/m1/s1. The van der Waals surface area contributed by atoms with Crippen molar-refractivity contribution in [2.75, 3.05) is 0 Å². The van der Waals surface area contributed by atoms with Crippen molar-refractivity contribution in [2.24, 2.45) is 11.8 Å². The number of carbonyl (C=O) groups excluding carboxylic acids is 2. The van der Waals surface area contributed by atoms with Gasteiger partial charge in [0.05, 0.1) is 103 Å². The predicted molar refractivity (Wildman–Crippen MR) is 224 cm³/mol. The van der Waals surface area contributed by atoms with E-state index in [9.17, 15) is 14.7 Å². The van der Waals surface area contributed by atoms with E-state index >= 15 is 0 Å². The van der Waals surface area contributed by atoms with Gasteiger partial charge in [-0.15, -0.1) is 0 Å². The van der Waals surface area contributed by atoms with Gasteiger partial charge < -0.3 is 52.5 Å². The number of hydrogen-bond acceptors (Lipinski definition) is 13. The number of aliphatic hydroxyl groups excluding tert-OH is 1. The minimum Gasteiger partial charge on any atom is -0.459 e. The molecule has 13 heteroatoms. The molecule has 344 valence electrons. The molecule has 0 aliphatic carbocycles. The largest absolute Gasteiger partial charge is 0.459 e. The van der Waals surface area contributed by atoms with Crippen LogP contribution in [-0.2, 0) is 57.0 Å². The van der Waals surface area contributed by atoms with Crippen LogP contribution in [0.5, 0.6) is 0 Å². The van der Waals surface area contributed by atoms with Gasteiger partial charge in [0, 0.05) is 32.1 Å². The third-order valence-electron chi connectivity index (χ3n) is 16.2. The Morgan fingerprint density at radius 3 is 2.26 bits per heavy atom. The van der Waals surface area contributed by atoms with E-state index in [-0.39, 0.29) is 110 Å². The molecule has 22 atom stereocenters. The van der Waals surface area contributed by atoms with Gasteiger partial charge in [0.25, 0.3) is 0 Å². The molecule has 0 unspecified atom stereocenters. The van der Waals surface area contributed by atoms with E-state index in [1.54, 1.807) is 0 Å². The monoisotopic (exact) mass is 866 g/mol. The van der Waals surface area contributed by atoms with Crippen LogP contribution in [0.1, 0.15) is 124 Å². The molecule has 8 saturated heterocycles. The van der Waals surface area contributed by atoms with Crippen LogP contribution in [0.15, 0.2) is 36.5 Å². The fraction of sp³-hybridized carbons (Fsp3) is 0.837. The topological polar surface area (TPSA) is 147 Å². The first-order valence-corrected chi connectivity index (χ1v) is 24.1. The van der Waals surface area contributed by atoms with Crippen LogP contribution in [0.3, 0.4) is 0 Å². The molecule has 0 aromatic rings. The Morgan fingerprint density at radius 2 is 1.42 bits per heavy atom. The summed E-state index contributed by atoms with van der Waals surface area (Å²) in [6.07, 6.45) is 15.7. The Morgan fingerprint density at radius 1 is 0.694 bits per heavy atom. The summed E-state index contributed by atoms with van der Waals surface area (Å²) in [7, 11) is 0. The maximum atomic E-state index is 12.3. The van der Waals surface area contributed by atoms with E-state index in [1.807, 2.05) is 0 Å². The molecule has 0 spiro atoms. The second-order valence-electron chi connectivity index (χ2n) is 21.2. The summed E-state index contributed by atoms with van der Waals surface area (Å²) in [4.78, 5) is 23.6. The van der Waals surface area contributed by atoms with Crippen molar-refractivity contribution < 1.29 is 62.1 Å². The van der Waals surface area contributed by atoms with Crippen LogP contribution >= 0.6 is 0 Å². The van der Waals surface area contributed by atoms with Crippen molar-refractivity contribution in [2.45, 2.75) is 245 Å². The summed E-state index contributed by atoms with van der Waals surface area (Å²) in [6, 6.07) is 0. The van der Waals surface area contributed by atoms with Crippen molar-refractivity contribution in [3.8, 4) is 0 Å². The second-order valence-corrected chi connectivity index (χ2v) is 21.2. The number of rotatable bonds is 3. The summed E-state index contributed by atoms with van der Waals surface area (Å²) >= 11 is 0. The number of esters is 1. The van der Waals surface area contributed by atoms with E-state index in [0.717, 1.165) is 57.7 Å². The molecule has 0 amide bonds. The predicted octanol–water partition coefficient (Wildman–Crippen LogP) is 5.95. The SMILES string of the molecule is C=C(C=O)C[C@H]1C[C@@H](O)[C@H]2O[C@H]3C[C@]4(C)O[C@H]5C=CC[C@@H]6O[C@H]7[C@@H](C)C[C@H]8O[C@]9(C)C[C@H](C)C[C@@H]%10OC(=O)C[C@@H]%10O[C@@H]9C[C@@H]8O[C@@H]7CC=CC[C@@H]6O[C@@H]5CCC[C@@H]4O[C@@H]3C[C@H]2O1. The smallest absolute Gasteiger partial charge is 0.308 e. The van der Waals surface area contributed by atoms with Crippen LogP contribution in [-0.4, -0.2) is 138 Å². The van der Waals surface area contributed by atoms with E-state index in [2.05, 4.69) is 58.6 Å². The third-order valence-corrected chi connectivity index (χ3v) is 16.2. The van der Waals surface area contributed by atoms with Gasteiger partial charge in [0.15, 0.2) is 0 Å². The molecule has 0 saturated carbocycles. The van der Waals surface area contributed by atoms with E-state index in [1.165, 1.54) is 0 Å². The van der Waals surface area contributed by atoms with E-state index in [4.69, 9.17) is 47.4 Å². The molecule has 8 fully saturated rings. The number of fused-ring (bicyclic) bond motifs is 9. The van der Waals surface area contributed by atoms with E-state index in [0.29, 0.717) is 56.4 Å². The Balaban J connectivity index is 0.817. The van der Waals surface area contributed by atoms with Gasteiger partial charge in [-0.05, 0) is 89.0 Å². The van der Waals surface area contributed by atoms with Crippen LogP contribution < -0.4 is 0 Å². The maximum absolute atomic E-state index is 12.3. The van der Waals surface area contributed by atoms with Crippen molar-refractivity contribution in [3.63, 3.8) is 0 Å². The first-order valence-electron chi connectivity index (χ1n) is 24.1. The van der Waals surface area contributed by atoms with Gasteiger partial charge in [-0.2, -0.15) is 0 Å². The zero-order valence-corrected chi connectivity index (χ0v) is 37.1. The molecule has 10 heterocycles. The summed E-state index contributed by atoms with van der Waals surface area (Å²) in [6.45, 7) is 12.7. The molecular weight excluding hydrogens is 797 g/mol. The summed E-state index contributed by atoms with van der Waals surface area (Å²) in [5, 5.41) is 11.2. The number of ether oxygens (including phenoxy) is 10. The molecule has 0 bridgehead atoms. The van der Waals surface area contributed by atoms with Crippen LogP contribution in [0.4, 0.5) is 0 Å². The Hall–Kier alpha value is -2.04. The third kappa shape index (κ3) is 8.71. The molecule has 10 aliphatic rings.